The maximum absolute atomic E-state index is 12.9. The van der Waals surface area contributed by atoms with Crippen molar-refractivity contribution in [2.75, 3.05) is 36.0 Å². The molecule has 0 spiro atoms. The third kappa shape index (κ3) is 3.26. The summed E-state index contributed by atoms with van der Waals surface area (Å²) in [6.45, 7) is 2.47. The number of alkyl halides is 3. The van der Waals surface area contributed by atoms with Gasteiger partial charge in [0.1, 0.15) is 6.04 Å². The normalized spacial score (nSPS) is 22.5. The number of hydrogen-bond donors (Lipinski definition) is 0. The molecule has 0 saturated carbocycles. The van der Waals surface area contributed by atoms with Crippen molar-refractivity contribution >= 4 is 23.2 Å². The molecular formula is C19H22F3N3O2. The smallest absolute Gasteiger partial charge is 0.372 e. The van der Waals surface area contributed by atoms with Crippen molar-refractivity contribution in [2.45, 2.75) is 44.3 Å². The molecule has 2 saturated heterocycles. The fourth-order valence-electron chi connectivity index (χ4n) is 4.40. The summed E-state index contributed by atoms with van der Waals surface area (Å²) in [6, 6.07) is 4.92. The molecule has 0 radical (unpaired) electrons. The average Bonchev–Trinajstić information content (AvgIpc) is 3.38. The van der Waals surface area contributed by atoms with Gasteiger partial charge in [-0.3, -0.25) is 9.59 Å². The molecule has 1 unspecified atom stereocenters. The zero-order valence-electron chi connectivity index (χ0n) is 15.0. The van der Waals surface area contributed by atoms with Gasteiger partial charge in [0.15, 0.2) is 0 Å². The number of fused-ring (bicyclic) bond motifs is 1. The van der Waals surface area contributed by atoms with Crippen LogP contribution in [-0.4, -0.2) is 55.1 Å². The van der Waals surface area contributed by atoms with E-state index in [2.05, 4.69) is 11.0 Å². The molecule has 1 aromatic carbocycles. The van der Waals surface area contributed by atoms with E-state index >= 15 is 0 Å². The van der Waals surface area contributed by atoms with Crippen LogP contribution in [0.1, 0.15) is 31.2 Å². The van der Waals surface area contributed by atoms with E-state index in [4.69, 9.17) is 0 Å². The number of likely N-dealkylation sites (tertiary alicyclic amines) is 1. The Balaban J connectivity index is 1.53. The standard InChI is InChI=1S/C19H22F3N3O2/c20-19(21,22)18(27)25-10-3-4-16(25)17(26)24-11-7-13-12-14(5-6-15(13)24)23-8-1-2-9-23/h5-6,12,16H,1-4,7-11H2. The van der Waals surface area contributed by atoms with Crippen LogP contribution >= 0.6 is 0 Å². The third-order valence-electron chi connectivity index (χ3n) is 5.74. The van der Waals surface area contributed by atoms with Crippen molar-refractivity contribution in [3.05, 3.63) is 23.8 Å². The number of carbonyl (C=O) groups excluding carboxylic acids is 2. The van der Waals surface area contributed by atoms with E-state index in [-0.39, 0.29) is 13.0 Å². The van der Waals surface area contributed by atoms with Crippen molar-refractivity contribution < 1.29 is 22.8 Å². The van der Waals surface area contributed by atoms with Gasteiger partial charge in [-0.2, -0.15) is 13.2 Å². The Bertz CT molecular complexity index is 759. The molecule has 146 valence electrons. The lowest BCUT2D eigenvalue weighted by atomic mass is 10.1. The van der Waals surface area contributed by atoms with E-state index in [9.17, 15) is 22.8 Å². The molecule has 4 rings (SSSR count). The Hall–Kier alpha value is -2.25. The van der Waals surface area contributed by atoms with Gasteiger partial charge in [-0.15, -0.1) is 0 Å². The summed E-state index contributed by atoms with van der Waals surface area (Å²) in [6.07, 6.45) is -1.23. The van der Waals surface area contributed by atoms with E-state index in [1.807, 2.05) is 12.1 Å². The Morgan fingerprint density at radius 3 is 2.44 bits per heavy atom. The van der Waals surface area contributed by atoms with Crippen molar-refractivity contribution in [2.24, 2.45) is 0 Å². The zero-order valence-corrected chi connectivity index (χ0v) is 15.0. The van der Waals surface area contributed by atoms with Gasteiger partial charge < -0.3 is 14.7 Å². The summed E-state index contributed by atoms with van der Waals surface area (Å²) in [5.74, 6) is -2.32. The Kier molecular flexibility index (Phi) is 4.52. The number of carbonyl (C=O) groups is 2. The largest absolute Gasteiger partial charge is 0.471 e. The lowest BCUT2D eigenvalue weighted by Gasteiger charge is -2.29. The summed E-state index contributed by atoms with van der Waals surface area (Å²) >= 11 is 0. The molecule has 0 aliphatic carbocycles. The quantitative estimate of drug-likeness (QED) is 0.791. The first-order valence-electron chi connectivity index (χ1n) is 9.43. The minimum absolute atomic E-state index is 0.0245. The molecule has 3 heterocycles. The van der Waals surface area contributed by atoms with E-state index in [1.54, 1.807) is 4.90 Å². The van der Waals surface area contributed by atoms with Crippen molar-refractivity contribution in [3.8, 4) is 0 Å². The Morgan fingerprint density at radius 1 is 1.00 bits per heavy atom. The van der Waals surface area contributed by atoms with E-state index < -0.39 is 24.0 Å². The summed E-state index contributed by atoms with van der Waals surface area (Å²) in [7, 11) is 0. The second kappa shape index (κ2) is 6.73. The van der Waals surface area contributed by atoms with Gasteiger partial charge in [0.25, 0.3) is 0 Å². The first kappa shape index (κ1) is 18.1. The van der Waals surface area contributed by atoms with Crippen LogP contribution in [-0.2, 0) is 16.0 Å². The molecule has 1 atom stereocenters. The van der Waals surface area contributed by atoms with Gasteiger partial charge in [0, 0.05) is 37.6 Å². The molecule has 1 aromatic rings. The fourth-order valence-corrected chi connectivity index (χ4v) is 4.40. The summed E-state index contributed by atoms with van der Waals surface area (Å²) in [5, 5.41) is 0. The highest BCUT2D eigenvalue weighted by Crippen LogP contribution is 2.35. The van der Waals surface area contributed by atoms with Gasteiger partial charge in [0.05, 0.1) is 0 Å². The van der Waals surface area contributed by atoms with Crippen LogP contribution in [0.5, 0.6) is 0 Å². The predicted molar refractivity (Wildman–Crippen MR) is 94.7 cm³/mol. The lowest BCUT2D eigenvalue weighted by Crippen LogP contribution is -2.51. The molecule has 27 heavy (non-hydrogen) atoms. The number of hydrogen-bond acceptors (Lipinski definition) is 3. The van der Waals surface area contributed by atoms with Gasteiger partial charge in [-0.1, -0.05) is 0 Å². The van der Waals surface area contributed by atoms with Gasteiger partial charge >= 0.3 is 12.1 Å². The Morgan fingerprint density at radius 2 is 1.74 bits per heavy atom. The molecular weight excluding hydrogens is 359 g/mol. The highest BCUT2D eigenvalue weighted by atomic mass is 19.4. The molecule has 8 heteroatoms. The topological polar surface area (TPSA) is 43.9 Å². The molecule has 0 aromatic heterocycles. The number of halogens is 3. The minimum atomic E-state index is -4.95. The molecule has 0 N–H and O–H groups in total. The second-order valence-corrected chi connectivity index (χ2v) is 7.40. The molecule has 3 aliphatic heterocycles. The SMILES string of the molecule is O=C(C1CCCN1C(=O)C(F)(F)F)N1CCc2cc(N3CCCC3)ccc21. The third-order valence-corrected chi connectivity index (χ3v) is 5.74. The minimum Gasteiger partial charge on any atom is -0.372 e. The van der Waals surface area contributed by atoms with E-state index in [1.165, 1.54) is 12.8 Å². The maximum Gasteiger partial charge on any atom is 0.471 e. The summed E-state index contributed by atoms with van der Waals surface area (Å²) in [4.78, 5) is 29.2. The lowest BCUT2D eigenvalue weighted by molar-refractivity contribution is -0.186. The van der Waals surface area contributed by atoms with E-state index in [0.29, 0.717) is 24.3 Å². The zero-order chi connectivity index (χ0) is 19.2. The van der Waals surface area contributed by atoms with Crippen LogP contribution in [0.4, 0.5) is 24.5 Å². The van der Waals surface area contributed by atoms with Crippen LogP contribution in [0, 0.1) is 0 Å². The number of anilines is 2. The first-order chi connectivity index (χ1) is 12.9. The van der Waals surface area contributed by atoms with Crippen LogP contribution < -0.4 is 9.80 Å². The van der Waals surface area contributed by atoms with Crippen LogP contribution in [0.15, 0.2) is 18.2 Å². The predicted octanol–water partition coefficient (Wildman–Crippen LogP) is 2.73. The molecule has 2 amide bonds. The highest BCUT2D eigenvalue weighted by Gasteiger charge is 2.48. The van der Waals surface area contributed by atoms with Crippen LogP contribution in [0.3, 0.4) is 0 Å². The maximum atomic E-state index is 12.9. The second-order valence-electron chi connectivity index (χ2n) is 7.40. The molecule has 2 fully saturated rings. The number of rotatable bonds is 2. The molecule has 3 aliphatic rings. The summed E-state index contributed by atoms with van der Waals surface area (Å²) in [5.41, 5.74) is 2.93. The molecule has 0 bridgehead atoms. The van der Waals surface area contributed by atoms with Crippen molar-refractivity contribution in [1.82, 2.24) is 4.90 Å². The van der Waals surface area contributed by atoms with Gasteiger partial charge in [-0.25, -0.2) is 0 Å². The van der Waals surface area contributed by atoms with Crippen molar-refractivity contribution in [1.29, 1.82) is 0 Å². The number of nitrogens with zero attached hydrogens (tertiary/aromatic N) is 3. The van der Waals surface area contributed by atoms with Crippen LogP contribution in [0.2, 0.25) is 0 Å². The van der Waals surface area contributed by atoms with Crippen LogP contribution in [0.25, 0.3) is 0 Å². The molecule has 5 nitrogen and oxygen atoms in total. The first-order valence-corrected chi connectivity index (χ1v) is 9.43. The monoisotopic (exact) mass is 381 g/mol. The fraction of sp³-hybridized carbons (Fsp3) is 0.579. The number of amides is 2. The van der Waals surface area contributed by atoms with Gasteiger partial charge in [0.2, 0.25) is 5.91 Å². The summed E-state index contributed by atoms with van der Waals surface area (Å²) < 4.78 is 38.5. The highest BCUT2D eigenvalue weighted by molar-refractivity contribution is 6.01. The van der Waals surface area contributed by atoms with Crippen molar-refractivity contribution in [3.63, 3.8) is 0 Å². The Labute approximate surface area is 155 Å². The van der Waals surface area contributed by atoms with E-state index in [0.717, 1.165) is 30.0 Å². The number of benzene rings is 1. The average molecular weight is 381 g/mol. The van der Waals surface area contributed by atoms with Gasteiger partial charge in [-0.05, 0) is 55.9 Å².